The van der Waals surface area contributed by atoms with E-state index in [0.29, 0.717) is 27.7 Å². The summed E-state index contributed by atoms with van der Waals surface area (Å²) in [6.45, 7) is 4.33. The molecular formula is C19H21Cl2NO3S. The highest BCUT2D eigenvalue weighted by Crippen LogP contribution is 2.36. The van der Waals surface area contributed by atoms with Crippen molar-refractivity contribution in [3.8, 4) is 0 Å². The Morgan fingerprint density at radius 1 is 1.19 bits per heavy atom. The quantitative estimate of drug-likeness (QED) is 0.452. The Hall–Kier alpha value is -1.01. The van der Waals surface area contributed by atoms with E-state index in [9.17, 15) is 14.7 Å². The van der Waals surface area contributed by atoms with E-state index in [1.54, 1.807) is 12.1 Å². The second-order valence-electron chi connectivity index (χ2n) is 6.86. The Balaban J connectivity index is 1.97. The van der Waals surface area contributed by atoms with Crippen LogP contribution in [0.4, 0.5) is 0 Å². The van der Waals surface area contributed by atoms with Gasteiger partial charge < -0.3 is 5.11 Å². The number of benzene rings is 1. The maximum atomic E-state index is 12.3. The van der Waals surface area contributed by atoms with Gasteiger partial charge >= 0.3 is 0 Å². The minimum Gasteiger partial charge on any atom is -0.506 e. The minimum atomic E-state index is -0.330. The van der Waals surface area contributed by atoms with Crippen molar-refractivity contribution in [2.24, 2.45) is 5.92 Å². The van der Waals surface area contributed by atoms with E-state index in [4.69, 9.17) is 23.2 Å². The van der Waals surface area contributed by atoms with Crippen LogP contribution in [-0.4, -0.2) is 46.2 Å². The average molecular weight is 414 g/mol. The van der Waals surface area contributed by atoms with Gasteiger partial charge in [-0.1, -0.05) is 30.1 Å². The molecule has 1 aromatic rings. The van der Waals surface area contributed by atoms with Crippen LogP contribution in [0.15, 0.2) is 17.7 Å². The minimum absolute atomic E-state index is 0.000211. The number of rotatable bonds is 3. The molecule has 0 atom stereocenters. The van der Waals surface area contributed by atoms with Gasteiger partial charge in [-0.05, 0) is 18.1 Å². The first-order valence-electron chi connectivity index (χ1n) is 8.65. The van der Waals surface area contributed by atoms with Gasteiger partial charge in [0, 0.05) is 60.1 Å². The molecule has 0 spiro atoms. The third kappa shape index (κ3) is 4.11. The third-order valence-corrected chi connectivity index (χ3v) is 6.52. The number of aliphatic hydroxyl groups is 1. The van der Waals surface area contributed by atoms with Crippen molar-refractivity contribution in [1.82, 2.24) is 4.90 Å². The fourth-order valence-corrected chi connectivity index (χ4v) is 4.93. The van der Waals surface area contributed by atoms with Crippen LogP contribution in [0.5, 0.6) is 0 Å². The maximum absolute atomic E-state index is 12.3. The van der Waals surface area contributed by atoms with E-state index >= 15 is 0 Å². The standard InChI is InChI=1S/C19H21Cl2NO3S/c1-11-8-15(23)17(16(24)9-11)19(25)12-2-3-14(20)13(18(12)21)10-22-4-6-26-7-5-22/h2-3,11,25H,4-10H2,1H3. The molecule has 2 fully saturated rings. The Morgan fingerprint density at radius 2 is 1.81 bits per heavy atom. The lowest BCUT2D eigenvalue weighted by Gasteiger charge is -2.27. The first-order chi connectivity index (χ1) is 12.4. The summed E-state index contributed by atoms with van der Waals surface area (Å²) in [6, 6.07) is 3.23. The lowest BCUT2D eigenvalue weighted by atomic mass is 9.83. The molecule has 0 radical (unpaired) electrons. The van der Waals surface area contributed by atoms with Gasteiger partial charge in [0.2, 0.25) is 0 Å². The summed E-state index contributed by atoms with van der Waals surface area (Å²) < 4.78 is 0. The maximum Gasteiger partial charge on any atom is 0.170 e. The van der Waals surface area contributed by atoms with Crippen LogP contribution in [0.3, 0.4) is 0 Å². The summed E-state index contributed by atoms with van der Waals surface area (Å²) >= 11 is 14.8. The molecule has 1 saturated heterocycles. The number of halogens is 2. The summed E-state index contributed by atoms with van der Waals surface area (Å²) in [5.74, 6) is 1.14. The molecule has 0 bridgehead atoms. The van der Waals surface area contributed by atoms with Crippen molar-refractivity contribution in [2.45, 2.75) is 26.3 Å². The van der Waals surface area contributed by atoms with Crippen molar-refractivity contribution in [1.29, 1.82) is 0 Å². The largest absolute Gasteiger partial charge is 0.506 e. The Morgan fingerprint density at radius 3 is 2.42 bits per heavy atom. The van der Waals surface area contributed by atoms with Crippen molar-refractivity contribution < 1.29 is 14.7 Å². The highest BCUT2D eigenvalue weighted by molar-refractivity contribution is 7.99. The number of allylic oxidation sites excluding steroid dienone is 1. The van der Waals surface area contributed by atoms with Crippen molar-refractivity contribution >= 4 is 52.3 Å². The molecular weight excluding hydrogens is 393 g/mol. The number of carbonyl (C=O) groups excluding carboxylic acids is 2. The predicted octanol–water partition coefficient (Wildman–Crippen LogP) is 4.38. The summed E-state index contributed by atoms with van der Waals surface area (Å²) in [6.07, 6.45) is 0.517. The second kappa shape index (κ2) is 8.34. The molecule has 1 aliphatic heterocycles. The van der Waals surface area contributed by atoms with Crippen LogP contribution in [-0.2, 0) is 16.1 Å². The van der Waals surface area contributed by atoms with Crippen LogP contribution in [0, 0.1) is 5.92 Å². The summed E-state index contributed by atoms with van der Waals surface area (Å²) in [7, 11) is 0. The lowest BCUT2D eigenvalue weighted by molar-refractivity contribution is -0.125. The fraction of sp³-hybridized carbons (Fsp3) is 0.474. The van der Waals surface area contributed by atoms with Crippen molar-refractivity contribution in [3.63, 3.8) is 0 Å². The molecule has 1 N–H and O–H groups in total. The number of hydrogen-bond donors (Lipinski definition) is 1. The molecule has 4 nitrogen and oxygen atoms in total. The third-order valence-electron chi connectivity index (χ3n) is 4.79. The molecule has 140 valence electrons. The molecule has 0 unspecified atom stereocenters. The highest BCUT2D eigenvalue weighted by atomic mass is 35.5. The van der Waals surface area contributed by atoms with Crippen molar-refractivity contribution in [3.05, 3.63) is 38.9 Å². The van der Waals surface area contributed by atoms with E-state index in [1.165, 1.54) is 0 Å². The number of hydrogen-bond acceptors (Lipinski definition) is 5. The van der Waals surface area contributed by atoms with E-state index in [0.717, 1.165) is 24.6 Å². The molecule has 2 aliphatic rings. The molecule has 3 rings (SSSR count). The lowest BCUT2D eigenvalue weighted by Crippen LogP contribution is -2.32. The number of thioether (sulfide) groups is 1. The Bertz CT molecular complexity index is 752. The molecule has 1 aliphatic carbocycles. The number of carbonyl (C=O) groups is 2. The molecule has 1 saturated carbocycles. The zero-order valence-corrected chi connectivity index (χ0v) is 16.9. The summed E-state index contributed by atoms with van der Waals surface area (Å²) in [5, 5.41) is 11.5. The van der Waals surface area contributed by atoms with Gasteiger partial charge in [0.25, 0.3) is 0 Å². The molecule has 26 heavy (non-hydrogen) atoms. The number of ketones is 2. The summed E-state index contributed by atoms with van der Waals surface area (Å²) in [4.78, 5) is 26.8. The van der Waals surface area contributed by atoms with Gasteiger partial charge in [-0.3, -0.25) is 14.5 Å². The predicted molar refractivity (Wildman–Crippen MR) is 107 cm³/mol. The fourth-order valence-electron chi connectivity index (χ4n) is 3.37. The number of nitrogens with zero attached hydrogens (tertiary/aromatic N) is 1. The Labute approximate surface area is 167 Å². The monoisotopic (exact) mass is 413 g/mol. The second-order valence-corrected chi connectivity index (χ2v) is 8.87. The van der Waals surface area contributed by atoms with Gasteiger partial charge in [-0.2, -0.15) is 11.8 Å². The smallest absolute Gasteiger partial charge is 0.170 e. The van der Waals surface area contributed by atoms with Gasteiger partial charge in [0.1, 0.15) is 11.3 Å². The highest BCUT2D eigenvalue weighted by Gasteiger charge is 2.32. The number of aliphatic hydroxyl groups excluding tert-OH is 1. The molecule has 7 heteroatoms. The SMILES string of the molecule is CC1CC(=O)C(=C(O)c2ccc(Cl)c(CN3CCSCC3)c2Cl)C(=O)C1. The van der Waals surface area contributed by atoms with E-state index in [-0.39, 0.29) is 41.7 Å². The van der Waals surface area contributed by atoms with Crippen LogP contribution in [0.1, 0.15) is 30.9 Å². The van der Waals surface area contributed by atoms with E-state index in [2.05, 4.69) is 4.90 Å². The van der Waals surface area contributed by atoms with Crippen LogP contribution in [0.25, 0.3) is 5.76 Å². The molecule has 0 aromatic heterocycles. The molecule has 0 amide bonds. The van der Waals surface area contributed by atoms with Gasteiger partial charge in [0.05, 0.1) is 5.02 Å². The summed E-state index contributed by atoms with van der Waals surface area (Å²) in [5.41, 5.74) is 0.880. The average Bonchev–Trinajstić information content (AvgIpc) is 2.58. The van der Waals surface area contributed by atoms with Gasteiger partial charge in [-0.15, -0.1) is 0 Å². The number of Topliss-reactive ketones (excluding diaryl/α,β-unsaturated/α-hetero) is 2. The topological polar surface area (TPSA) is 57.6 Å². The van der Waals surface area contributed by atoms with Gasteiger partial charge in [0.15, 0.2) is 11.6 Å². The van der Waals surface area contributed by atoms with E-state index in [1.807, 2.05) is 18.7 Å². The normalized spacial score (nSPS) is 22.0. The van der Waals surface area contributed by atoms with Crippen LogP contribution in [0.2, 0.25) is 10.0 Å². The van der Waals surface area contributed by atoms with Crippen molar-refractivity contribution in [2.75, 3.05) is 24.6 Å². The first kappa shape index (κ1) is 19.7. The Kier molecular flexibility index (Phi) is 6.33. The van der Waals surface area contributed by atoms with Gasteiger partial charge in [-0.25, -0.2) is 0 Å². The first-order valence-corrected chi connectivity index (χ1v) is 10.6. The van der Waals surface area contributed by atoms with Crippen LogP contribution >= 0.6 is 35.0 Å². The zero-order chi connectivity index (χ0) is 18.8. The zero-order valence-electron chi connectivity index (χ0n) is 14.6. The van der Waals surface area contributed by atoms with Crippen LogP contribution < -0.4 is 0 Å². The molecule has 1 heterocycles. The molecule has 1 aromatic carbocycles. The van der Waals surface area contributed by atoms with E-state index < -0.39 is 0 Å².